The summed E-state index contributed by atoms with van der Waals surface area (Å²) < 4.78 is 14.2. The Hall–Kier alpha value is -3.49. The molecule has 0 aromatic heterocycles. The van der Waals surface area contributed by atoms with Gasteiger partial charge in [-0.3, -0.25) is 19.8 Å². The number of amides is 1. The van der Waals surface area contributed by atoms with Crippen molar-refractivity contribution in [1.82, 2.24) is 4.90 Å². The molecule has 4 rings (SSSR count). The fourth-order valence-corrected chi connectivity index (χ4v) is 4.22. The summed E-state index contributed by atoms with van der Waals surface area (Å²) in [5.41, 5.74) is 1.37. The van der Waals surface area contributed by atoms with Crippen LogP contribution in [0.15, 0.2) is 72.8 Å². The zero-order valence-corrected chi connectivity index (χ0v) is 18.4. The van der Waals surface area contributed by atoms with E-state index in [0.717, 1.165) is 5.56 Å². The summed E-state index contributed by atoms with van der Waals surface area (Å²) in [5.74, 6) is -0.579. The summed E-state index contributed by atoms with van der Waals surface area (Å²) in [4.78, 5) is 28.0. The van der Waals surface area contributed by atoms with E-state index in [1.165, 1.54) is 24.3 Å². The molecule has 1 atom stereocenters. The third kappa shape index (κ3) is 5.13. The Labute approximate surface area is 195 Å². The second-order valence-corrected chi connectivity index (χ2v) is 8.11. The van der Waals surface area contributed by atoms with Crippen molar-refractivity contribution in [2.45, 2.75) is 6.04 Å². The highest BCUT2D eigenvalue weighted by molar-refractivity contribution is 6.32. The van der Waals surface area contributed by atoms with Gasteiger partial charge in [-0.2, -0.15) is 0 Å². The molecule has 1 aliphatic rings. The zero-order chi connectivity index (χ0) is 23.4. The van der Waals surface area contributed by atoms with Gasteiger partial charge >= 0.3 is 0 Å². The maximum Gasteiger partial charge on any atom is 0.289 e. The van der Waals surface area contributed by atoms with Crippen LogP contribution in [0, 0.1) is 15.9 Å². The molecule has 170 valence electrons. The van der Waals surface area contributed by atoms with Crippen LogP contribution >= 0.6 is 11.6 Å². The van der Waals surface area contributed by atoms with Crippen molar-refractivity contribution in [1.29, 1.82) is 0 Å². The van der Waals surface area contributed by atoms with Crippen LogP contribution < -0.4 is 10.2 Å². The minimum Gasteiger partial charge on any atom is -0.367 e. The van der Waals surface area contributed by atoms with Gasteiger partial charge in [-0.15, -0.1) is 0 Å². The molecule has 1 fully saturated rings. The Morgan fingerprint density at radius 1 is 1.00 bits per heavy atom. The molecule has 0 bridgehead atoms. The van der Waals surface area contributed by atoms with Crippen molar-refractivity contribution in [3.63, 3.8) is 0 Å². The van der Waals surface area contributed by atoms with Crippen molar-refractivity contribution < 1.29 is 14.1 Å². The van der Waals surface area contributed by atoms with Gasteiger partial charge in [-0.1, -0.05) is 54.1 Å². The lowest BCUT2D eigenvalue weighted by atomic mass is 10.0. The Bertz CT molecular complexity index is 1150. The van der Waals surface area contributed by atoms with Gasteiger partial charge in [-0.05, 0) is 29.8 Å². The van der Waals surface area contributed by atoms with Crippen LogP contribution in [0.25, 0.3) is 0 Å². The van der Waals surface area contributed by atoms with Crippen LogP contribution in [-0.2, 0) is 4.79 Å². The molecule has 0 radical (unpaired) electrons. The number of nitrogens with one attached hydrogen (secondary N) is 1. The molecule has 0 saturated carbocycles. The number of para-hydroxylation sites is 1. The summed E-state index contributed by atoms with van der Waals surface area (Å²) in [6, 6.07) is 19.5. The summed E-state index contributed by atoms with van der Waals surface area (Å²) in [5, 5.41) is 14.0. The fraction of sp³-hybridized carbons (Fsp3) is 0.208. The fourth-order valence-electron chi connectivity index (χ4n) is 4.03. The average molecular weight is 469 g/mol. The van der Waals surface area contributed by atoms with E-state index in [-0.39, 0.29) is 22.4 Å². The lowest BCUT2D eigenvalue weighted by molar-refractivity contribution is -0.384. The van der Waals surface area contributed by atoms with Crippen LogP contribution in [0.5, 0.6) is 0 Å². The van der Waals surface area contributed by atoms with Crippen molar-refractivity contribution in [2.24, 2.45) is 0 Å². The van der Waals surface area contributed by atoms with Crippen molar-refractivity contribution >= 4 is 34.6 Å². The number of halogens is 2. The number of hydrogen-bond donors (Lipinski definition) is 1. The van der Waals surface area contributed by atoms with E-state index in [9.17, 15) is 19.3 Å². The Balaban J connectivity index is 1.54. The van der Waals surface area contributed by atoms with E-state index in [1.54, 1.807) is 18.2 Å². The highest BCUT2D eigenvalue weighted by atomic mass is 35.5. The van der Waals surface area contributed by atoms with E-state index in [4.69, 9.17) is 11.6 Å². The van der Waals surface area contributed by atoms with Crippen LogP contribution in [-0.4, -0.2) is 41.9 Å². The van der Waals surface area contributed by atoms with Gasteiger partial charge in [-0.25, -0.2) is 4.39 Å². The topological polar surface area (TPSA) is 78.7 Å². The number of rotatable bonds is 6. The van der Waals surface area contributed by atoms with Gasteiger partial charge in [0.2, 0.25) is 5.91 Å². The van der Waals surface area contributed by atoms with Crippen LogP contribution in [0.1, 0.15) is 11.6 Å². The molecule has 0 spiro atoms. The number of hydrogen-bond acceptors (Lipinski definition) is 5. The van der Waals surface area contributed by atoms with Crippen molar-refractivity contribution in [3.8, 4) is 0 Å². The van der Waals surface area contributed by atoms with Gasteiger partial charge in [0.15, 0.2) is 0 Å². The zero-order valence-electron chi connectivity index (χ0n) is 17.7. The van der Waals surface area contributed by atoms with E-state index >= 15 is 0 Å². The largest absolute Gasteiger partial charge is 0.367 e. The lowest BCUT2D eigenvalue weighted by Gasteiger charge is -2.39. The Kier molecular flexibility index (Phi) is 6.86. The number of nitrogens with zero attached hydrogens (tertiary/aromatic N) is 3. The molecule has 1 heterocycles. The number of anilines is 2. The normalized spacial score (nSPS) is 15.2. The van der Waals surface area contributed by atoms with Gasteiger partial charge in [0.05, 0.1) is 10.6 Å². The standard InChI is InChI=1S/C24H22ClFN4O3/c25-19-11-10-18(16-22(19)30(32)33)27-24(31)23(17-6-2-1-3-7-17)29-14-12-28(13-15-29)21-9-5-4-8-20(21)26/h1-11,16,23H,12-15H2,(H,27,31)/t23-/m1/s1. The minimum atomic E-state index is -0.608. The summed E-state index contributed by atoms with van der Waals surface area (Å²) >= 11 is 5.89. The predicted molar refractivity (Wildman–Crippen MR) is 126 cm³/mol. The first-order valence-corrected chi connectivity index (χ1v) is 10.8. The maximum absolute atomic E-state index is 14.2. The number of carbonyl (C=O) groups is 1. The van der Waals surface area contributed by atoms with E-state index in [2.05, 4.69) is 5.32 Å². The second kappa shape index (κ2) is 9.97. The quantitative estimate of drug-likeness (QED) is 0.411. The Morgan fingerprint density at radius 3 is 2.33 bits per heavy atom. The highest BCUT2D eigenvalue weighted by Gasteiger charge is 2.31. The first-order chi connectivity index (χ1) is 15.9. The van der Waals surface area contributed by atoms with Gasteiger partial charge in [0.1, 0.15) is 16.9 Å². The average Bonchev–Trinajstić information content (AvgIpc) is 2.82. The first kappa shape index (κ1) is 22.7. The third-order valence-corrected chi connectivity index (χ3v) is 5.97. The molecule has 7 nitrogen and oxygen atoms in total. The van der Waals surface area contributed by atoms with Gasteiger partial charge in [0.25, 0.3) is 5.69 Å². The molecule has 3 aromatic carbocycles. The van der Waals surface area contributed by atoms with Crippen LogP contribution in [0.3, 0.4) is 0 Å². The predicted octanol–water partition coefficient (Wildman–Crippen LogP) is 4.89. The number of nitro benzene ring substituents is 1. The monoisotopic (exact) mass is 468 g/mol. The van der Waals surface area contributed by atoms with Crippen LogP contribution in [0.4, 0.5) is 21.5 Å². The molecule has 3 aromatic rings. The van der Waals surface area contributed by atoms with E-state index in [0.29, 0.717) is 37.6 Å². The van der Waals surface area contributed by atoms with E-state index in [1.807, 2.05) is 40.1 Å². The third-order valence-electron chi connectivity index (χ3n) is 5.65. The summed E-state index contributed by atoms with van der Waals surface area (Å²) in [6.07, 6.45) is 0. The van der Waals surface area contributed by atoms with Crippen LogP contribution in [0.2, 0.25) is 5.02 Å². The molecule has 1 N–H and O–H groups in total. The molecule has 1 aliphatic heterocycles. The molecule has 1 saturated heterocycles. The number of benzene rings is 3. The molecular weight excluding hydrogens is 447 g/mol. The smallest absolute Gasteiger partial charge is 0.289 e. The summed E-state index contributed by atoms with van der Waals surface area (Å²) in [7, 11) is 0. The minimum absolute atomic E-state index is 0.00174. The second-order valence-electron chi connectivity index (χ2n) is 7.70. The first-order valence-electron chi connectivity index (χ1n) is 10.5. The molecular formula is C24H22ClFN4O3. The molecule has 1 amide bonds. The van der Waals surface area contributed by atoms with Crippen molar-refractivity contribution in [3.05, 3.63) is 99.3 Å². The number of nitro groups is 1. The molecule has 9 heteroatoms. The summed E-state index contributed by atoms with van der Waals surface area (Å²) in [6.45, 7) is 2.21. The molecule has 33 heavy (non-hydrogen) atoms. The highest BCUT2D eigenvalue weighted by Crippen LogP contribution is 2.30. The maximum atomic E-state index is 14.2. The number of carbonyl (C=O) groups excluding carboxylic acids is 1. The Morgan fingerprint density at radius 2 is 1.67 bits per heavy atom. The van der Waals surface area contributed by atoms with Crippen molar-refractivity contribution in [2.75, 3.05) is 36.4 Å². The SMILES string of the molecule is O=C(Nc1ccc(Cl)c([N+](=O)[O-])c1)[C@@H](c1ccccc1)N1CCN(c2ccccc2F)CC1. The molecule has 0 aliphatic carbocycles. The van der Waals surface area contributed by atoms with E-state index < -0.39 is 11.0 Å². The van der Waals surface area contributed by atoms with Gasteiger partial charge < -0.3 is 10.2 Å². The lowest BCUT2D eigenvalue weighted by Crippen LogP contribution is -2.50. The number of piperazine rings is 1. The van der Waals surface area contributed by atoms with Gasteiger partial charge in [0, 0.05) is 37.9 Å². The molecule has 0 unspecified atom stereocenters.